The van der Waals surface area contributed by atoms with Crippen molar-refractivity contribution in [3.8, 4) is 17.2 Å². The average molecular weight is 283 g/mol. The Balaban J connectivity index is 1.43. The van der Waals surface area contributed by atoms with Crippen LogP contribution in [0.4, 0.5) is 0 Å². The smallest absolute Gasteiger partial charge is 0.231 e. The van der Waals surface area contributed by atoms with Crippen LogP contribution in [0.25, 0.3) is 0 Å². The summed E-state index contributed by atoms with van der Waals surface area (Å²) in [6.07, 6.45) is 0.993. The van der Waals surface area contributed by atoms with Crippen molar-refractivity contribution in [1.29, 1.82) is 0 Å². The van der Waals surface area contributed by atoms with Crippen LogP contribution in [0.15, 0.2) is 42.5 Å². The molecule has 2 aliphatic rings. The van der Waals surface area contributed by atoms with Crippen LogP contribution in [0.1, 0.15) is 17.2 Å². The lowest BCUT2D eigenvalue weighted by Crippen LogP contribution is -1.97. The molecule has 4 rings (SSSR count). The second-order valence-electron chi connectivity index (χ2n) is 5.42. The van der Waals surface area contributed by atoms with Gasteiger partial charge in [0.15, 0.2) is 11.5 Å². The Labute approximate surface area is 123 Å². The molecular weight excluding hydrogens is 266 g/mol. The molecule has 0 bridgehead atoms. The van der Waals surface area contributed by atoms with Crippen LogP contribution < -0.4 is 19.5 Å². The quantitative estimate of drug-likeness (QED) is 0.876. The SMILES string of the molecule is COc1ccc([C@H]2N[C@@H]2Cc2ccc3c(c2)OCO3)cc1. The van der Waals surface area contributed by atoms with Gasteiger partial charge in [-0.3, -0.25) is 0 Å². The van der Waals surface area contributed by atoms with Gasteiger partial charge in [0.25, 0.3) is 0 Å². The maximum Gasteiger partial charge on any atom is 0.231 e. The third-order valence-electron chi connectivity index (χ3n) is 4.05. The lowest BCUT2D eigenvalue weighted by molar-refractivity contribution is 0.174. The van der Waals surface area contributed by atoms with Crippen molar-refractivity contribution >= 4 is 0 Å². The van der Waals surface area contributed by atoms with E-state index >= 15 is 0 Å². The van der Waals surface area contributed by atoms with Gasteiger partial charge in [-0.25, -0.2) is 0 Å². The molecule has 0 spiro atoms. The van der Waals surface area contributed by atoms with Crippen molar-refractivity contribution in [2.75, 3.05) is 13.9 Å². The molecule has 0 radical (unpaired) electrons. The van der Waals surface area contributed by atoms with E-state index in [9.17, 15) is 0 Å². The minimum atomic E-state index is 0.328. The summed E-state index contributed by atoms with van der Waals surface area (Å²) < 4.78 is 15.9. The number of methoxy groups -OCH3 is 1. The van der Waals surface area contributed by atoms with Crippen molar-refractivity contribution in [3.05, 3.63) is 53.6 Å². The molecule has 0 unspecified atom stereocenters. The Kier molecular flexibility index (Phi) is 2.97. The van der Waals surface area contributed by atoms with E-state index in [1.807, 2.05) is 18.2 Å². The molecule has 0 aromatic heterocycles. The van der Waals surface area contributed by atoms with Gasteiger partial charge in [0.05, 0.1) is 7.11 Å². The summed E-state index contributed by atoms with van der Waals surface area (Å²) in [5.41, 5.74) is 2.58. The first-order valence-corrected chi connectivity index (χ1v) is 7.12. The second kappa shape index (κ2) is 4.97. The monoisotopic (exact) mass is 283 g/mol. The predicted molar refractivity (Wildman–Crippen MR) is 78.9 cm³/mol. The lowest BCUT2D eigenvalue weighted by Gasteiger charge is -2.03. The number of nitrogens with one attached hydrogen (secondary N) is 1. The Morgan fingerprint density at radius 3 is 2.71 bits per heavy atom. The summed E-state index contributed by atoms with van der Waals surface area (Å²) in [5.74, 6) is 2.59. The fourth-order valence-corrected chi connectivity index (χ4v) is 2.81. The summed E-state index contributed by atoms with van der Waals surface area (Å²) in [5, 5.41) is 3.53. The van der Waals surface area contributed by atoms with Gasteiger partial charge in [-0.1, -0.05) is 18.2 Å². The average Bonchev–Trinajstić information content (AvgIpc) is 3.12. The van der Waals surface area contributed by atoms with E-state index in [1.54, 1.807) is 7.11 Å². The molecule has 0 amide bonds. The maximum absolute atomic E-state index is 5.42. The first kappa shape index (κ1) is 12.5. The molecule has 0 saturated carbocycles. The molecule has 2 aromatic rings. The highest BCUT2D eigenvalue weighted by Gasteiger charge is 2.37. The highest BCUT2D eigenvalue weighted by molar-refractivity contribution is 5.45. The first-order chi connectivity index (χ1) is 10.3. The molecule has 1 N–H and O–H groups in total. The van der Waals surface area contributed by atoms with Crippen LogP contribution in [-0.4, -0.2) is 19.9 Å². The normalized spacial score (nSPS) is 22.1. The van der Waals surface area contributed by atoms with Gasteiger partial charge in [0.2, 0.25) is 6.79 Å². The molecule has 4 heteroatoms. The van der Waals surface area contributed by atoms with E-state index in [-0.39, 0.29) is 0 Å². The zero-order valence-electron chi connectivity index (χ0n) is 11.8. The van der Waals surface area contributed by atoms with Gasteiger partial charge in [-0.05, 0) is 41.8 Å². The predicted octanol–water partition coefficient (Wildman–Crippen LogP) is 2.68. The number of hydrogen-bond donors (Lipinski definition) is 1. The van der Waals surface area contributed by atoms with Gasteiger partial charge in [0, 0.05) is 12.1 Å². The number of ether oxygens (including phenoxy) is 3. The van der Waals surface area contributed by atoms with E-state index in [0.717, 1.165) is 23.7 Å². The minimum absolute atomic E-state index is 0.328. The number of rotatable bonds is 4. The first-order valence-electron chi connectivity index (χ1n) is 7.12. The molecule has 4 nitrogen and oxygen atoms in total. The van der Waals surface area contributed by atoms with E-state index in [0.29, 0.717) is 18.9 Å². The fourth-order valence-electron chi connectivity index (χ4n) is 2.81. The van der Waals surface area contributed by atoms with Crippen LogP contribution in [0, 0.1) is 0 Å². The van der Waals surface area contributed by atoms with Gasteiger partial charge in [-0.2, -0.15) is 0 Å². The summed E-state index contributed by atoms with van der Waals surface area (Å²) in [6.45, 7) is 0.328. The Morgan fingerprint density at radius 2 is 1.90 bits per heavy atom. The lowest BCUT2D eigenvalue weighted by atomic mass is 10.0. The maximum atomic E-state index is 5.42. The topological polar surface area (TPSA) is 49.6 Å². The highest BCUT2D eigenvalue weighted by atomic mass is 16.7. The van der Waals surface area contributed by atoms with Crippen LogP contribution >= 0.6 is 0 Å². The zero-order chi connectivity index (χ0) is 14.2. The second-order valence-corrected chi connectivity index (χ2v) is 5.42. The van der Waals surface area contributed by atoms with Gasteiger partial charge < -0.3 is 19.5 Å². The number of fused-ring (bicyclic) bond motifs is 1. The summed E-state index contributed by atoms with van der Waals surface area (Å²) in [4.78, 5) is 0. The van der Waals surface area contributed by atoms with Crippen molar-refractivity contribution in [1.82, 2.24) is 5.32 Å². The van der Waals surface area contributed by atoms with Crippen molar-refractivity contribution in [2.45, 2.75) is 18.5 Å². The third kappa shape index (κ3) is 2.43. The largest absolute Gasteiger partial charge is 0.497 e. The number of benzene rings is 2. The minimum Gasteiger partial charge on any atom is -0.497 e. The Bertz CT molecular complexity index is 654. The van der Waals surface area contributed by atoms with Gasteiger partial charge in [-0.15, -0.1) is 0 Å². The van der Waals surface area contributed by atoms with Gasteiger partial charge >= 0.3 is 0 Å². The van der Waals surface area contributed by atoms with Crippen LogP contribution in [0.3, 0.4) is 0 Å². The third-order valence-corrected chi connectivity index (χ3v) is 4.05. The molecule has 2 atom stereocenters. The van der Waals surface area contributed by atoms with E-state index in [1.165, 1.54) is 11.1 Å². The van der Waals surface area contributed by atoms with Gasteiger partial charge in [0.1, 0.15) is 5.75 Å². The molecule has 21 heavy (non-hydrogen) atoms. The van der Waals surface area contributed by atoms with E-state index in [2.05, 4.69) is 29.6 Å². The van der Waals surface area contributed by atoms with Crippen molar-refractivity contribution < 1.29 is 14.2 Å². The Hall–Kier alpha value is -2.20. The molecule has 2 aromatic carbocycles. The summed E-state index contributed by atoms with van der Waals surface area (Å²) in [6, 6.07) is 15.3. The standard InChI is InChI=1S/C17H17NO3/c1-19-13-5-3-12(4-6-13)17-14(18-17)8-11-2-7-15-16(9-11)21-10-20-15/h2-7,9,14,17-18H,8,10H2,1H3/t14-,17-/m1/s1. The van der Waals surface area contributed by atoms with Crippen LogP contribution in [0.5, 0.6) is 17.2 Å². The van der Waals surface area contributed by atoms with Crippen LogP contribution in [-0.2, 0) is 6.42 Å². The molecular formula is C17H17NO3. The zero-order valence-corrected chi connectivity index (χ0v) is 11.8. The summed E-state index contributed by atoms with van der Waals surface area (Å²) in [7, 11) is 1.69. The van der Waals surface area contributed by atoms with Crippen LogP contribution in [0.2, 0.25) is 0 Å². The molecule has 1 saturated heterocycles. The molecule has 0 aliphatic carbocycles. The fraction of sp³-hybridized carbons (Fsp3) is 0.294. The van der Waals surface area contributed by atoms with E-state index in [4.69, 9.17) is 14.2 Å². The molecule has 2 heterocycles. The highest BCUT2D eigenvalue weighted by Crippen LogP contribution is 2.36. The molecule has 1 fully saturated rings. The molecule has 2 aliphatic heterocycles. The molecule has 108 valence electrons. The Morgan fingerprint density at radius 1 is 1.10 bits per heavy atom. The summed E-state index contributed by atoms with van der Waals surface area (Å²) >= 11 is 0. The van der Waals surface area contributed by atoms with Crippen molar-refractivity contribution in [2.24, 2.45) is 0 Å². The van der Waals surface area contributed by atoms with E-state index < -0.39 is 0 Å². The number of hydrogen-bond acceptors (Lipinski definition) is 4. The van der Waals surface area contributed by atoms with Crippen molar-refractivity contribution in [3.63, 3.8) is 0 Å².